The van der Waals surface area contributed by atoms with E-state index in [4.69, 9.17) is 4.98 Å². The van der Waals surface area contributed by atoms with Gasteiger partial charge in [0.15, 0.2) is 5.82 Å². The van der Waals surface area contributed by atoms with Crippen LogP contribution in [0.2, 0.25) is 0 Å². The zero-order valence-electron chi connectivity index (χ0n) is 13.1. The molecule has 0 amide bonds. The summed E-state index contributed by atoms with van der Waals surface area (Å²) in [5.74, 6) is 1.65. The molecule has 3 rings (SSSR count). The van der Waals surface area contributed by atoms with Gasteiger partial charge in [0.1, 0.15) is 0 Å². The molecule has 1 heterocycles. The molecule has 21 heavy (non-hydrogen) atoms. The van der Waals surface area contributed by atoms with Crippen LogP contribution in [0, 0.1) is 5.92 Å². The predicted molar refractivity (Wildman–Crippen MR) is 87.3 cm³/mol. The van der Waals surface area contributed by atoms with E-state index in [2.05, 4.69) is 43.1 Å². The lowest BCUT2D eigenvalue weighted by molar-refractivity contribution is 0.492. The van der Waals surface area contributed by atoms with Crippen LogP contribution in [-0.2, 0) is 19.3 Å². The lowest BCUT2D eigenvalue weighted by atomic mass is 9.89. The maximum atomic E-state index is 4.80. The number of benzene rings is 1. The average molecular weight is 280 g/mol. The third-order valence-electron chi connectivity index (χ3n) is 4.43. The average Bonchev–Trinajstić information content (AvgIpc) is 2.53. The first kappa shape index (κ1) is 14.2. The molecule has 1 unspecified atom stereocenters. The molecule has 1 aromatic heterocycles. The minimum absolute atomic E-state index is 0.768. The molecule has 0 saturated heterocycles. The van der Waals surface area contributed by atoms with E-state index in [-0.39, 0.29) is 0 Å². The Hall–Kier alpha value is -1.70. The van der Waals surface area contributed by atoms with Gasteiger partial charge in [-0.1, -0.05) is 44.5 Å². The van der Waals surface area contributed by atoms with Gasteiger partial charge in [0.25, 0.3) is 0 Å². The zero-order valence-corrected chi connectivity index (χ0v) is 13.1. The summed E-state index contributed by atoms with van der Waals surface area (Å²) in [5.41, 5.74) is 5.15. The van der Waals surface area contributed by atoms with E-state index in [9.17, 15) is 0 Å². The number of hydrogen-bond acceptors (Lipinski definition) is 2. The van der Waals surface area contributed by atoms with Crippen LogP contribution in [0.25, 0.3) is 11.4 Å². The van der Waals surface area contributed by atoms with Crippen molar-refractivity contribution in [2.75, 3.05) is 0 Å². The summed E-state index contributed by atoms with van der Waals surface area (Å²) in [7, 11) is 0. The minimum Gasteiger partial charge on any atom is -0.236 e. The highest BCUT2D eigenvalue weighted by Crippen LogP contribution is 2.25. The molecule has 0 aliphatic heterocycles. The molecular weight excluding hydrogens is 256 g/mol. The van der Waals surface area contributed by atoms with Gasteiger partial charge in [0.2, 0.25) is 0 Å². The molecule has 110 valence electrons. The van der Waals surface area contributed by atoms with Crippen LogP contribution in [0.4, 0.5) is 0 Å². The number of nitrogens with zero attached hydrogens (tertiary/aromatic N) is 2. The van der Waals surface area contributed by atoms with Crippen molar-refractivity contribution in [1.82, 2.24) is 9.97 Å². The number of fused-ring (bicyclic) bond motifs is 1. The number of unbranched alkanes of at least 4 members (excludes halogenated alkanes) is 1. The minimum atomic E-state index is 0.768. The fraction of sp³-hybridized carbons (Fsp3) is 0.474. The maximum Gasteiger partial charge on any atom is 0.159 e. The largest absolute Gasteiger partial charge is 0.236 e. The summed E-state index contributed by atoms with van der Waals surface area (Å²) in [4.78, 5) is 9.38. The van der Waals surface area contributed by atoms with Gasteiger partial charge in [-0.15, -0.1) is 0 Å². The molecule has 0 radical (unpaired) electrons. The lowest BCUT2D eigenvalue weighted by Crippen LogP contribution is -2.14. The van der Waals surface area contributed by atoms with Crippen LogP contribution in [-0.4, -0.2) is 9.97 Å². The van der Waals surface area contributed by atoms with E-state index in [1.54, 1.807) is 0 Å². The molecule has 1 aromatic carbocycles. The molecule has 0 bridgehead atoms. The predicted octanol–water partition coefficient (Wildman–Crippen LogP) is 4.61. The Morgan fingerprint density at radius 3 is 2.76 bits per heavy atom. The fourth-order valence-electron chi connectivity index (χ4n) is 3.03. The van der Waals surface area contributed by atoms with E-state index >= 15 is 0 Å². The highest BCUT2D eigenvalue weighted by Gasteiger charge is 2.17. The van der Waals surface area contributed by atoms with Gasteiger partial charge >= 0.3 is 0 Å². The number of hydrogen-bond donors (Lipinski definition) is 0. The Morgan fingerprint density at radius 2 is 2.00 bits per heavy atom. The zero-order chi connectivity index (χ0) is 14.7. The van der Waals surface area contributed by atoms with E-state index in [0.717, 1.165) is 30.1 Å². The number of rotatable bonds is 4. The molecular formula is C19H24N2. The highest BCUT2D eigenvalue weighted by atomic mass is 14.9. The summed E-state index contributed by atoms with van der Waals surface area (Å²) in [6.45, 7) is 4.54. The van der Waals surface area contributed by atoms with Crippen LogP contribution in [0.3, 0.4) is 0 Å². The summed E-state index contributed by atoms with van der Waals surface area (Å²) in [6, 6.07) is 8.77. The summed E-state index contributed by atoms with van der Waals surface area (Å²) in [5, 5.41) is 0. The first-order valence-electron chi connectivity index (χ1n) is 8.20. The molecule has 0 saturated carbocycles. The van der Waals surface area contributed by atoms with E-state index in [0.29, 0.717) is 0 Å². The Morgan fingerprint density at radius 1 is 1.19 bits per heavy atom. The van der Waals surface area contributed by atoms with Gasteiger partial charge in [-0.05, 0) is 49.1 Å². The Bertz CT molecular complexity index is 601. The first-order chi connectivity index (χ1) is 10.3. The number of aromatic nitrogens is 2. The Labute approximate surface area is 127 Å². The van der Waals surface area contributed by atoms with Gasteiger partial charge in [-0.3, -0.25) is 0 Å². The molecule has 2 nitrogen and oxygen atoms in total. The smallest absolute Gasteiger partial charge is 0.159 e. The van der Waals surface area contributed by atoms with Crippen molar-refractivity contribution in [2.24, 2.45) is 5.92 Å². The Kier molecular flexibility index (Phi) is 4.33. The van der Waals surface area contributed by atoms with Crippen molar-refractivity contribution in [3.63, 3.8) is 0 Å². The van der Waals surface area contributed by atoms with Gasteiger partial charge in [-0.2, -0.15) is 0 Å². The third-order valence-corrected chi connectivity index (χ3v) is 4.43. The second kappa shape index (κ2) is 6.38. The van der Waals surface area contributed by atoms with Gasteiger partial charge < -0.3 is 0 Å². The first-order valence-corrected chi connectivity index (χ1v) is 8.20. The molecule has 0 fully saturated rings. The van der Waals surface area contributed by atoms with E-state index in [1.165, 1.54) is 42.5 Å². The van der Waals surface area contributed by atoms with Crippen molar-refractivity contribution in [3.8, 4) is 11.4 Å². The van der Waals surface area contributed by atoms with Crippen LogP contribution < -0.4 is 0 Å². The van der Waals surface area contributed by atoms with Crippen LogP contribution in [0.1, 0.15) is 49.9 Å². The fourth-order valence-corrected chi connectivity index (χ4v) is 3.03. The van der Waals surface area contributed by atoms with Crippen molar-refractivity contribution in [1.29, 1.82) is 0 Å². The SMILES string of the molecule is CCCCc1ccc(-c2ncc3c(n2)CCC(C)C3)cc1. The van der Waals surface area contributed by atoms with E-state index in [1.807, 2.05) is 6.20 Å². The molecule has 1 aliphatic carbocycles. The van der Waals surface area contributed by atoms with E-state index < -0.39 is 0 Å². The second-order valence-electron chi connectivity index (χ2n) is 6.31. The molecule has 0 spiro atoms. The lowest BCUT2D eigenvalue weighted by Gasteiger charge is -2.20. The van der Waals surface area contributed by atoms with Crippen LogP contribution in [0.15, 0.2) is 30.5 Å². The normalized spacial score (nSPS) is 17.5. The highest BCUT2D eigenvalue weighted by molar-refractivity contribution is 5.55. The van der Waals surface area contributed by atoms with Gasteiger partial charge in [0, 0.05) is 17.5 Å². The third kappa shape index (κ3) is 3.31. The van der Waals surface area contributed by atoms with Crippen molar-refractivity contribution < 1.29 is 0 Å². The summed E-state index contributed by atoms with van der Waals surface area (Å²) in [6.07, 6.45) is 9.19. The molecule has 1 atom stereocenters. The maximum absolute atomic E-state index is 4.80. The summed E-state index contributed by atoms with van der Waals surface area (Å²) < 4.78 is 0. The molecule has 1 aliphatic rings. The van der Waals surface area contributed by atoms with Crippen LogP contribution in [0.5, 0.6) is 0 Å². The standard InChI is InChI=1S/C19H24N2/c1-3-4-5-15-7-9-16(10-8-15)19-20-13-17-12-14(2)6-11-18(17)21-19/h7-10,13-14H,3-6,11-12H2,1-2H3. The van der Waals surface area contributed by atoms with Crippen LogP contribution >= 0.6 is 0 Å². The monoisotopic (exact) mass is 280 g/mol. The number of aryl methyl sites for hydroxylation is 2. The molecule has 2 heteroatoms. The topological polar surface area (TPSA) is 25.8 Å². The Balaban J connectivity index is 1.80. The van der Waals surface area contributed by atoms with Crippen molar-refractivity contribution in [2.45, 2.75) is 52.4 Å². The quantitative estimate of drug-likeness (QED) is 0.817. The molecule has 0 N–H and O–H groups in total. The van der Waals surface area contributed by atoms with Crippen molar-refractivity contribution >= 4 is 0 Å². The van der Waals surface area contributed by atoms with Crippen molar-refractivity contribution in [3.05, 3.63) is 47.3 Å². The van der Waals surface area contributed by atoms with Gasteiger partial charge in [0.05, 0.1) is 0 Å². The second-order valence-corrected chi connectivity index (χ2v) is 6.31. The summed E-state index contributed by atoms with van der Waals surface area (Å²) >= 11 is 0. The molecule has 2 aromatic rings. The van der Waals surface area contributed by atoms with Gasteiger partial charge in [-0.25, -0.2) is 9.97 Å².